The maximum atomic E-state index is 11.4. The number of thiazole rings is 1. The molecule has 0 saturated carbocycles. The van der Waals surface area contributed by atoms with Gasteiger partial charge in [-0.2, -0.15) is 0 Å². The van der Waals surface area contributed by atoms with Crippen LogP contribution in [0.1, 0.15) is 0 Å². The third-order valence-corrected chi connectivity index (χ3v) is 3.25. The van der Waals surface area contributed by atoms with Crippen LogP contribution in [0.25, 0.3) is 0 Å². The monoisotopic (exact) mass is 261 g/mol. The maximum Gasteiger partial charge on any atom is 0.231 e. The number of nitrogens with one attached hydrogen (secondary N) is 2. The lowest BCUT2D eigenvalue weighted by atomic mass is 10.0. The number of rotatable bonds is 2. The van der Waals surface area contributed by atoms with Crippen molar-refractivity contribution in [3.8, 4) is 0 Å². The highest BCUT2D eigenvalue weighted by molar-refractivity contribution is 9.11. The van der Waals surface area contributed by atoms with E-state index in [0.29, 0.717) is 5.13 Å². The topological polar surface area (TPSA) is 54.0 Å². The summed E-state index contributed by atoms with van der Waals surface area (Å²) in [6.07, 6.45) is 1.68. The Morgan fingerprint density at radius 2 is 2.54 bits per heavy atom. The summed E-state index contributed by atoms with van der Waals surface area (Å²) in [5.74, 6) is 0.170. The Hall–Kier alpha value is -0.460. The number of hydrogen-bond donors (Lipinski definition) is 2. The Bertz CT molecular complexity index is 323. The molecule has 0 bridgehead atoms. The van der Waals surface area contributed by atoms with Crippen molar-refractivity contribution in [2.75, 3.05) is 18.4 Å². The lowest BCUT2D eigenvalue weighted by Crippen LogP contribution is -2.48. The molecule has 0 aromatic carbocycles. The van der Waals surface area contributed by atoms with Gasteiger partial charge < -0.3 is 10.6 Å². The van der Waals surface area contributed by atoms with Gasteiger partial charge in [-0.05, 0) is 15.9 Å². The summed E-state index contributed by atoms with van der Waals surface area (Å²) in [5, 5.41) is 6.47. The van der Waals surface area contributed by atoms with Gasteiger partial charge in [0, 0.05) is 13.1 Å². The highest BCUT2D eigenvalue weighted by Crippen LogP contribution is 2.23. The molecule has 0 radical (unpaired) electrons. The number of amides is 1. The van der Waals surface area contributed by atoms with E-state index in [-0.39, 0.29) is 11.8 Å². The van der Waals surface area contributed by atoms with Gasteiger partial charge in [-0.25, -0.2) is 4.98 Å². The fourth-order valence-corrected chi connectivity index (χ4v) is 2.10. The van der Waals surface area contributed by atoms with Crippen LogP contribution in [0.3, 0.4) is 0 Å². The van der Waals surface area contributed by atoms with Crippen LogP contribution in [0, 0.1) is 5.92 Å². The van der Waals surface area contributed by atoms with Crippen LogP contribution in [0.15, 0.2) is 9.98 Å². The number of halogens is 1. The van der Waals surface area contributed by atoms with E-state index in [2.05, 4.69) is 31.5 Å². The number of aromatic nitrogens is 1. The summed E-state index contributed by atoms with van der Waals surface area (Å²) < 4.78 is 0.925. The summed E-state index contributed by atoms with van der Waals surface area (Å²) in [6.45, 7) is 1.55. The Kier molecular flexibility index (Phi) is 2.61. The normalized spacial score (nSPS) is 16.7. The van der Waals surface area contributed by atoms with Crippen LogP contribution in [-0.4, -0.2) is 24.0 Å². The van der Waals surface area contributed by atoms with Gasteiger partial charge in [-0.3, -0.25) is 4.79 Å². The van der Waals surface area contributed by atoms with Crippen molar-refractivity contribution in [2.24, 2.45) is 5.92 Å². The molecule has 0 unspecified atom stereocenters. The molecule has 2 rings (SSSR count). The van der Waals surface area contributed by atoms with Gasteiger partial charge in [0.05, 0.1) is 15.9 Å². The molecule has 2 heterocycles. The minimum atomic E-state index is 0.0561. The van der Waals surface area contributed by atoms with Crippen LogP contribution >= 0.6 is 27.3 Å². The van der Waals surface area contributed by atoms with E-state index in [0.717, 1.165) is 16.9 Å². The first-order valence-corrected chi connectivity index (χ1v) is 5.49. The number of carbonyl (C=O) groups excluding carboxylic acids is 1. The summed E-state index contributed by atoms with van der Waals surface area (Å²) in [5.41, 5.74) is 0. The van der Waals surface area contributed by atoms with Crippen LogP contribution in [0.4, 0.5) is 5.13 Å². The molecule has 4 nitrogen and oxygen atoms in total. The lowest BCUT2D eigenvalue weighted by Gasteiger charge is -2.25. The average Bonchev–Trinajstić information content (AvgIpc) is 2.31. The standard InChI is InChI=1S/C7H8BrN3OS/c8-5-3-10-7(13-5)11-6(12)4-1-9-2-4/h3-4,9H,1-2H2,(H,10,11,12). The fraction of sp³-hybridized carbons (Fsp3) is 0.429. The van der Waals surface area contributed by atoms with E-state index in [1.54, 1.807) is 6.20 Å². The highest BCUT2D eigenvalue weighted by atomic mass is 79.9. The van der Waals surface area contributed by atoms with Gasteiger partial charge in [0.2, 0.25) is 5.91 Å². The van der Waals surface area contributed by atoms with E-state index >= 15 is 0 Å². The quantitative estimate of drug-likeness (QED) is 0.838. The molecule has 1 aliphatic heterocycles. The van der Waals surface area contributed by atoms with E-state index in [1.165, 1.54) is 11.3 Å². The molecule has 13 heavy (non-hydrogen) atoms. The number of nitrogens with zero attached hydrogens (tertiary/aromatic N) is 1. The molecule has 1 saturated heterocycles. The van der Waals surface area contributed by atoms with E-state index in [1.807, 2.05) is 0 Å². The number of anilines is 1. The van der Waals surface area contributed by atoms with Crippen molar-refractivity contribution in [2.45, 2.75) is 0 Å². The molecular formula is C7H8BrN3OS. The fourth-order valence-electron chi connectivity index (χ4n) is 0.994. The first kappa shape index (κ1) is 9.11. The summed E-state index contributed by atoms with van der Waals surface area (Å²) >= 11 is 4.70. The third kappa shape index (κ3) is 2.07. The van der Waals surface area contributed by atoms with Gasteiger partial charge in [0.1, 0.15) is 0 Å². The molecular weight excluding hydrogens is 254 g/mol. The predicted octanol–water partition coefficient (Wildman–Crippen LogP) is 1.06. The van der Waals surface area contributed by atoms with Crippen LogP contribution in [0.5, 0.6) is 0 Å². The van der Waals surface area contributed by atoms with Crippen molar-refractivity contribution in [3.63, 3.8) is 0 Å². The summed E-state index contributed by atoms with van der Waals surface area (Å²) in [7, 11) is 0. The molecule has 6 heteroatoms. The molecule has 70 valence electrons. The Balaban J connectivity index is 1.93. The third-order valence-electron chi connectivity index (χ3n) is 1.86. The molecule has 0 atom stereocenters. The minimum absolute atomic E-state index is 0.0561. The zero-order chi connectivity index (χ0) is 9.26. The molecule has 1 aliphatic rings. The molecule has 1 amide bonds. The molecule has 2 N–H and O–H groups in total. The van der Waals surface area contributed by atoms with Gasteiger partial charge in [-0.1, -0.05) is 11.3 Å². The zero-order valence-electron chi connectivity index (χ0n) is 6.71. The lowest BCUT2D eigenvalue weighted by molar-refractivity contribution is -0.121. The van der Waals surface area contributed by atoms with Crippen molar-refractivity contribution in [3.05, 3.63) is 9.98 Å². The maximum absolute atomic E-state index is 11.4. The van der Waals surface area contributed by atoms with Crippen molar-refractivity contribution in [1.29, 1.82) is 0 Å². The second-order valence-electron chi connectivity index (χ2n) is 2.81. The first-order valence-electron chi connectivity index (χ1n) is 3.88. The largest absolute Gasteiger partial charge is 0.315 e. The van der Waals surface area contributed by atoms with E-state index in [4.69, 9.17) is 0 Å². The number of hydrogen-bond acceptors (Lipinski definition) is 4. The predicted molar refractivity (Wildman–Crippen MR) is 54.8 cm³/mol. The van der Waals surface area contributed by atoms with Crippen molar-refractivity contribution in [1.82, 2.24) is 10.3 Å². The van der Waals surface area contributed by atoms with Gasteiger partial charge in [0.25, 0.3) is 0 Å². The second-order valence-corrected chi connectivity index (χ2v) is 5.22. The van der Waals surface area contributed by atoms with Crippen LogP contribution in [0.2, 0.25) is 0 Å². The Morgan fingerprint density at radius 3 is 3.00 bits per heavy atom. The molecule has 1 aromatic heterocycles. The highest BCUT2D eigenvalue weighted by Gasteiger charge is 2.25. The van der Waals surface area contributed by atoms with Crippen LogP contribution in [-0.2, 0) is 4.79 Å². The van der Waals surface area contributed by atoms with Crippen LogP contribution < -0.4 is 10.6 Å². The molecule has 0 spiro atoms. The van der Waals surface area contributed by atoms with E-state index < -0.39 is 0 Å². The number of carbonyl (C=O) groups is 1. The second kappa shape index (κ2) is 3.73. The first-order chi connectivity index (χ1) is 6.25. The summed E-state index contributed by atoms with van der Waals surface area (Å²) in [4.78, 5) is 15.4. The summed E-state index contributed by atoms with van der Waals surface area (Å²) in [6, 6.07) is 0. The Labute approximate surface area is 87.9 Å². The Morgan fingerprint density at radius 1 is 1.77 bits per heavy atom. The van der Waals surface area contributed by atoms with Crippen molar-refractivity contribution >= 4 is 38.3 Å². The van der Waals surface area contributed by atoms with Gasteiger partial charge in [-0.15, -0.1) is 0 Å². The van der Waals surface area contributed by atoms with Gasteiger partial charge in [0.15, 0.2) is 5.13 Å². The average molecular weight is 262 g/mol. The SMILES string of the molecule is O=C(Nc1ncc(Br)s1)C1CNC1. The minimum Gasteiger partial charge on any atom is -0.315 e. The van der Waals surface area contributed by atoms with Crippen molar-refractivity contribution < 1.29 is 4.79 Å². The zero-order valence-corrected chi connectivity index (χ0v) is 9.11. The van der Waals surface area contributed by atoms with E-state index in [9.17, 15) is 4.79 Å². The van der Waals surface area contributed by atoms with Gasteiger partial charge >= 0.3 is 0 Å². The smallest absolute Gasteiger partial charge is 0.231 e. The molecule has 1 aromatic rings. The molecule has 0 aliphatic carbocycles. The molecule has 1 fully saturated rings.